The van der Waals surface area contributed by atoms with E-state index >= 15 is 0 Å². The fraction of sp³-hybridized carbons (Fsp3) is 0.455. The number of thioether (sulfide) groups is 1. The molecular formula is C11H16O3S2. The van der Waals surface area contributed by atoms with Crippen LogP contribution in [0.2, 0.25) is 0 Å². The van der Waals surface area contributed by atoms with Gasteiger partial charge in [0.1, 0.15) is 9.84 Å². The van der Waals surface area contributed by atoms with Gasteiger partial charge >= 0.3 is 0 Å². The molecule has 1 N–H and O–H groups in total. The lowest BCUT2D eigenvalue weighted by atomic mass is 10.1. The van der Waals surface area contributed by atoms with Crippen LogP contribution < -0.4 is 0 Å². The predicted molar refractivity (Wildman–Crippen MR) is 67.5 cm³/mol. The van der Waals surface area contributed by atoms with Crippen molar-refractivity contribution in [3.63, 3.8) is 0 Å². The Hall–Kier alpha value is -0.520. The van der Waals surface area contributed by atoms with Gasteiger partial charge in [0.25, 0.3) is 0 Å². The molecule has 5 heteroatoms. The van der Waals surface area contributed by atoms with E-state index in [2.05, 4.69) is 0 Å². The molecular weight excluding hydrogens is 244 g/mol. The third-order valence-electron chi connectivity index (χ3n) is 2.13. The van der Waals surface area contributed by atoms with Gasteiger partial charge in [-0.3, -0.25) is 0 Å². The summed E-state index contributed by atoms with van der Waals surface area (Å²) in [4.78, 5) is 1.07. The molecule has 0 aliphatic rings. The van der Waals surface area contributed by atoms with Gasteiger partial charge in [-0.15, -0.1) is 11.8 Å². The second-order valence-electron chi connectivity index (χ2n) is 3.74. The van der Waals surface area contributed by atoms with Crippen molar-refractivity contribution in [3.05, 3.63) is 29.3 Å². The van der Waals surface area contributed by atoms with E-state index in [0.717, 1.165) is 16.0 Å². The lowest BCUT2D eigenvalue weighted by Gasteiger charge is -2.06. The van der Waals surface area contributed by atoms with E-state index in [1.807, 2.05) is 25.1 Å². The van der Waals surface area contributed by atoms with Crippen molar-refractivity contribution >= 4 is 21.6 Å². The van der Waals surface area contributed by atoms with Crippen LogP contribution in [0.1, 0.15) is 11.1 Å². The first-order valence-corrected chi connectivity index (χ1v) is 7.98. The van der Waals surface area contributed by atoms with Crippen LogP contribution >= 0.6 is 11.8 Å². The van der Waals surface area contributed by atoms with Crippen LogP contribution in [0.15, 0.2) is 23.1 Å². The van der Waals surface area contributed by atoms with Crippen LogP contribution in [-0.2, 0) is 16.4 Å². The fourth-order valence-electron chi connectivity index (χ4n) is 1.27. The van der Waals surface area contributed by atoms with Crippen LogP contribution in [0.4, 0.5) is 0 Å². The molecule has 0 saturated heterocycles. The summed E-state index contributed by atoms with van der Waals surface area (Å²) in [6.45, 7) is 2.00. The maximum absolute atomic E-state index is 11.0. The molecule has 0 heterocycles. The molecule has 1 aromatic rings. The molecule has 0 bridgehead atoms. The Kier molecular flexibility index (Phi) is 4.83. The Morgan fingerprint density at radius 2 is 2.06 bits per heavy atom. The quantitative estimate of drug-likeness (QED) is 0.818. The molecule has 0 radical (unpaired) electrons. The topological polar surface area (TPSA) is 54.4 Å². The Morgan fingerprint density at radius 1 is 1.38 bits per heavy atom. The molecule has 0 atom stereocenters. The summed E-state index contributed by atoms with van der Waals surface area (Å²) in [5.41, 5.74) is 1.95. The highest BCUT2D eigenvalue weighted by atomic mass is 32.2. The third-order valence-corrected chi connectivity index (χ3v) is 4.52. The molecule has 1 aromatic carbocycles. The molecule has 1 rings (SSSR count). The molecule has 0 fully saturated rings. The summed E-state index contributed by atoms with van der Waals surface area (Å²) < 4.78 is 21.9. The number of aliphatic hydroxyl groups is 1. The van der Waals surface area contributed by atoms with Crippen LogP contribution in [0.25, 0.3) is 0 Å². The van der Waals surface area contributed by atoms with E-state index in [-0.39, 0.29) is 12.4 Å². The first kappa shape index (κ1) is 13.5. The molecule has 0 aliphatic carbocycles. The second-order valence-corrected chi connectivity index (χ2v) is 7.13. The van der Waals surface area contributed by atoms with Gasteiger partial charge in [0.05, 0.1) is 12.4 Å². The van der Waals surface area contributed by atoms with Gasteiger partial charge in [0, 0.05) is 16.9 Å². The van der Waals surface area contributed by atoms with E-state index < -0.39 is 9.84 Å². The van der Waals surface area contributed by atoms with Crippen molar-refractivity contribution in [2.45, 2.75) is 18.4 Å². The van der Waals surface area contributed by atoms with Gasteiger partial charge < -0.3 is 5.11 Å². The van der Waals surface area contributed by atoms with Crippen molar-refractivity contribution in [1.29, 1.82) is 0 Å². The summed E-state index contributed by atoms with van der Waals surface area (Å²) in [7, 11) is -2.88. The van der Waals surface area contributed by atoms with Crippen LogP contribution in [-0.4, -0.2) is 31.3 Å². The number of aliphatic hydroxyl groups excluding tert-OH is 1. The maximum Gasteiger partial charge on any atom is 0.148 e. The predicted octanol–water partition coefficient (Wildman–Crippen LogP) is 1.62. The minimum Gasteiger partial charge on any atom is -0.392 e. The fourth-order valence-corrected chi connectivity index (χ4v) is 3.49. The lowest BCUT2D eigenvalue weighted by molar-refractivity contribution is 0.281. The van der Waals surface area contributed by atoms with Gasteiger partial charge in [-0.1, -0.05) is 12.1 Å². The molecule has 0 spiro atoms. The van der Waals surface area contributed by atoms with Crippen molar-refractivity contribution in [2.24, 2.45) is 0 Å². The molecule has 0 unspecified atom stereocenters. The molecule has 0 aliphatic heterocycles. The van der Waals surface area contributed by atoms with Gasteiger partial charge in [0.2, 0.25) is 0 Å². The van der Waals surface area contributed by atoms with E-state index in [1.165, 1.54) is 18.0 Å². The van der Waals surface area contributed by atoms with Crippen molar-refractivity contribution < 1.29 is 13.5 Å². The van der Waals surface area contributed by atoms with E-state index in [0.29, 0.717) is 5.75 Å². The molecule has 90 valence electrons. The number of rotatable bonds is 5. The number of hydrogen-bond acceptors (Lipinski definition) is 4. The standard InChI is InChI=1S/C11H16O3S2/c1-9-7-10(8-12)3-4-11(9)15-5-6-16(2,13)14/h3-4,7,12H,5-6,8H2,1-2H3. The zero-order valence-electron chi connectivity index (χ0n) is 9.43. The van der Waals surface area contributed by atoms with E-state index in [4.69, 9.17) is 5.11 Å². The molecule has 0 aromatic heterocycles. The van der Waals surface area contributed by atoms with Gasteiger partial charge in [0.15, 0.2) is 0 Å². The Morgan fingerprint density at radius 3 is 2.56 bits per heavy atom. The second kappa shape index (κ2) is 5.70. The SMILES string of the molecule is Cc1cc(CO)ccc1SCCS(C)(=O)=O. The summed E-state index contributed by atoms with van der Waals surface area (Å²) >= 11 is 1.53. The van der Waals surface area contributed by atoms with Gasteiger partial charge in [-0.25, -0.2) is 8.42 Å². The zero-order chi connectivity index (χ0) is 12.2. The van der Waals surface area contributed by atoms with Crippen molar-refractivity contribution in [2.75, 3.05) is 17.8 Å². The highest BCUT2D eigenvalue weighted by Gasteiger charge is 2.04. The molecule has 3 nitrogen and oxygen atoms in total. The molecule has 0 saturated carbocycles. The Labute approximate surface area is 101 Å². The minimum absolute atomic E-state index is 0.0368. The third kappa shape index (κ3) is 4.55. The molecule has 16 heavy (non-hydrogen) atoms. The number of aryl methyl sites for hydroxylation is 1. The monoisotopic (exact) mass is 260 g/mol. The number of benzene rings is 1. The average Bonchev–Trinajstić information content (AvgIpc) is 2.18. The Bertz CT molecular complexity index is 452. The Balaban J connectivity index is 2.61. The van der Waals surface area contributed by atoms with Crippen molar-refractivity contribution in [1.82, 2.24) is 0 Å². The van der Waals surface area contributed by atoms with Crippen molar-refractivity contribution in [3.8, 4) is 0 Å². The van der Waals surface area contributed by atoms with Crippen LogP contribution in [0.3, 0.4) is 0 Å². The van der Waals surface area contributed by atoms with Gasteiger partial charge in [-0.2, -0.15) is 0 Å². The minimum atomic E-state index is -2.88. The smallest absolute Gasteiger partial charge is 0.148 e. The number of sulfone groups is 1. The van der Waals surface area contributed by atoms with E-state index in [9.17, 15) is 8.42 Å². The largest absolute Gasteiger partial charge is 0.392 e. The molecule has 0 amide bonds. The summed E-state index contributed by atoms with van der Waals surface area (Å²) in [6.07, 6.45) is 1.25. The highest BCUT2D eigenvalue weighted by Crippen LogP contribution is 2.23. The van der Waals surface area contributed by atoms with E-state index in [1.54, 1.807) is 0 Å². The first-order chi connectivity index (χ1) is 7.42. The van der Waals surface area contributed by atoms with Gasteiger partial charge in [-0.05, 0) is 24.1 Å². The zero-order valence-corrected chi connectivity index (χ0v) is 11.1. The maximum atomic E-state index is 11.0. The number of hydrogen-bond donors (Lipinski definition) is 1. The summed E-state index contributed by atoms with van der Waals surface area (Å²) in [5.74, 6) is 0.761. The lowest BCUT2D eigenvalue weighted by Crippen LogP contribution is -2.05. The summed E-state index contributed by atoms with van der Waals surface area (Å²) in [5, 5.41) is 8.95. The van der Waals surface area contributed by atoms with Crippen LogP contribution in [0, 0.1) is 6.92 Å². The average molecular weight is 260 g/mol. The summed E-state index contributed by atoms with van der Waals surface area (Å²) in [6, 6.07) is 5.70. The van der Waals surface area contributed by atoms with Crippen LogP contribution in [0.5, 0.6) is 0 Å². The highest BCUT2D eigenvalue weighted by molar-refractivity contribution is 8.00. The normalized spacial score (nSPS) is 11.7. The first-order valence-electron chi connectivity index (χ1n) is 4.93.